The van der Waals surface area contributed by atoms with E-state index in [2.05, 4.69) is 175 Å². The fraction of sp³-hybridized carbons (Fsp3) is 0.160. The van der Waals surface area contributed by atoms with Crippen LogP contribution in [0.4, 0.5) is 0 Å². The molecule has 0 aromatic heterocycles. The van der Waals surface area contributed by atoms with Gasteiger partial charge >= 0.3 is 0 Å². The van der Waals surface area contributed by atoms with Crippen LogP contribution in [0.1, 0.15) is 52.7 Å². The summed E-state index contributed by atoms with van der Waals surface area (Å²) < 4.78 is 0. The van der Waals surface area contributed by atoms with Crippen molar-refractivity contribution in [2.45, 2.75) is 52.4 Å². The number of rotatable bonds is 2. The minimum atomic E-state index is 0.0995. The number of hydrogen-bond donors (Lipinski definition) is 0. The van der Waals surface area contributed by atoms with Crippen LogP contribution in [0, 0.1) is 0 Å². The van der Waals surface area contributed by atoms with Crippen molar-refractivity contribution in [3.8, 4) is 44.5 Å². The van der Waals surface area contributed by atoms with E-state index >= 15 is 0 Å². The highest BCUT2D eigenvalue weighted by atomic mass is 14.3. The molecule has 0 nitrogen and oxygen atoms in total. The van der Waals surface area contributed by atoms with Crippen LogP contribution in [0.5, 0.6) is 0 Å². The standard InChI is InChI=1S/C50H40/c1-49(2,3)34-21-16-29(17-22-34)45-39-10-7-8-11-40(39)48-43-28-31(19-24-37(43)38-12-9-13-42(45)47(38)48)36-23-18-30-14-15-32-26-35(50(4,5)6)27-33-20-25-41(36)46(30)44(32)33/h7-28H,1-6H3. The van der Waals surface area contributed by atoms with Crippen LogP contribution in [0.25, 0.3) is 98.4 Å². The summed E-state index contributed by atoms with van der Waals surface area (Å²) in [5.74, 6) is 0. The summed E-state index contributed by atoms with van der Waals surface area (Å²) in [5, 5.41) is 13.4. The molecule has 0 atom stereocenters. The molecule has 0 spiro atoms. The summed E-state index contributed by atoms with van der Waals surface area (Å²) in [6, 6.07) is 51.2. The van der Waals surface area contributed by atoms with Crippen molar-refractivity contribution in [2.75, 3.05) is 0 Å². The van der Waals surface area contributed by atoms with E-state index in [0.29, 0.717) is 0 Å². The topological polar surface area (TPSA) is 0 Å². The Hall–Kier alpha value is -5.46. The summed E-state index contributed by atoms with van der Waals surface area (Å²) in [6.45, 7) is 13.8. The van der Waals surface area contributed by atoms with Crippen LogP contribution in [-0.2, 0) is 10.8 Å². The average Bonchev–Trinajstić information content (AvgIpc) is 3.45. The van der Waals surface area contributed by atoms with Crippen molar-refractivity contribution in [2.24, 2.45) is 0 Å². The van der Waals surface area contributed by atoms with Gasteiger partial charge in [-0.1, -0.05) is 169 Å². The van der Waals surface area contributed by atoms with Gasteiger partial charge < -0.3 is 0 Å². The lowest BCUT2D eigenvalue weighted by molar-refractivity contribution is 0.590. The van der Waals surface area contributed by atoms with Gasteiger partial charge in [0.25, 0.3) is 0 Å². The van der Waals surface area contributed by atoms with Crippen molar-refractivity contribution in [1.82, 2.24) is 0 Å². The predicted molar refractivity (Wildman–Crippen MR) is 218 cm³/mol. The van der Waals surface area contributed by atoms with Gasteiger partial charge in [-0.25, -0.2) is 0 Å². The molecule has 1 aliphatic rings. The highest BCUT2D eigenvalue weighted by molar-refractivity contribution is 6.30. The van der Waals surface area contributed by atoms with E-state index in [-0.39, 0.29) is 10.8 Å². The Bertz CT molecular complexity index is 2830. The number of benzene rings is 9. The Morgan fingerprint density at radius 3 is 1.64 bits per heavy atom. The van der Waals surface area contributed by atoms with Crippen molar-refractivity contribution >= 4 is 53.9 Å². The maximum Gasteiger partial charge on any atom is -0.00137 e. The van der Waals surface area contributed by atoms with Gasteiger partial charge in [-0.2, -0.15) is 0 Å². The molecular weight excluding hydrogens is 601 g/mol. The normalized spacial score (nSPS) is 13.0. The Morgan fingerprint density at radius 2 is 0.920 bits per heavy atom. The summed E-state index contributed by atoms with van der Waals surface area (Å²) in [7, 11) is 0. The quantitative estimate of drug-likeness (QED) is 0.130. The van der Waals surface area contributed by atoms with Gasteiger partial charge in [0.1, 0.15) is 0 Å². The van der Waals surface area contributed by atoms with Gasteiger partial charge in [-0.3, -0.25) is 0 Å². The Balaban J connectivity index is 1.20. The molecule has 9 aromatic carbocycles. The SMILES string of the molecule is CC(C)(C)c1ccc(-c2c3ccccc3c3c4c(cccc24)-c2ccc(-c4ccc5ccc6cc(C(C)(C)C)cc7ccc4c5c67)cc2-3)cc1. The molecule has 0 heteroatoms. The lowest BCUT2D eigenvalue weighted by Gasteiger charge is -2.22. The van der Waals surface area contributed by atoms with Crippen molar-refractivity contribution in [3.05, 3.63) is 145 Å². The van der Waals surface area contributed by atoms with Crippen molar-refractivity contribution < 1.29 is 0 Å². The maximum absolute atomic E-state index is 2.47. The molecule has 0 heterocycles. The molecule has 240 valence electrons. The van der Waals surface area contributed by atoms with Gasteiger partial charge in [0.05, 0.1) is 0 Å². The van der Waals surface area contributed by atoms with E-state index in [0.717, 1.165) is 0 Å². The number of fused-ring (bicyclic) bond motifs is 5. The van der Waals surface area contributed by atoms with E-state index in [1.165, 1.54) is 109 Å². The molecule has 1 aliphatic carbocycles. The lowest BCUT2D eigenvalue weighted by atomic mass is 9.82. The van der Waals surface area contributed by atoms with Crippen molar-refractivity contribution in [3.63, 3.8) is 0 Å². The molecule has 0 unspecified atom stereocenters. The molecule has 0 amide bonds. The monoisotopic (exact) mass is 640 g/mol. The minimum Gasteiger partial charge on any atom is -0.0616 e. The van der Waals surface area contributed by atoms with Crippen LogP contribution >= 0.6 is 0 Å². The Labute approximate surface area is 294 Å². The smallest absolute Gasteiger partial charge is 0.00137 e. The summed E-state index contributed by atoms with van der Waals surface area (Å²) in [5.41, 5.74) is 13.5. The van der Waals surface area contributed by atoms with E-state index in [1.807, 2.05) is 0 Å². The Morgan fingerprint density at radius 1 is 0.320 bits per heavy atom. The molecule has 50 heavy (non-hydrogen) atoms. The lowest BCUT2D eigenvalue weighted by Crippen LogP contribution is -2.10. The molecule has 0 bridgehead atoms. The van der Waals surface area contributed by atoms with Gasteiger partial charge in [-0.15, -0.1) is 0 Å². The molecule has 0 radical (unpaired) electrons. The summed E-state index contributed by atoms with van der Waals surface area (Å²) >= 11 is 0. The third-order valence-electron chi connectivity index (χ3n) is 11.4. The Kier molecular flexibility index (Phi) is 5.92. The van der Waals surface area contributed by atoms with E-state index in [1.54, 1.807) is 0 Å². The second-order valence-corrected chi connectivity index (χ2v) is 16.5. The van der Waals surface area contributed by atoms with Crippen LogP contribution < -0.4 is 0 Å². The first-order chi connectivity index (χ1) is 24.1. The zero-order valence-electron chi connectivity index (χ0n) is 29.7. The van der Waals surface area contributed by atoms with Gasteiger partial charge in [0.15, 0.2) is 0 Å². The number of hydrogen-bond acceptors (Lipinski definition) is 0. The summed E-state index contributed by atoms with van der Waals surface area (Å²) in [4.78, 5) is 0. The highest BCUT2D eigenvalue weighted by Crippen LogP contribution is 2.54. The largest absolute Gasteiger partial charge is 0.0616 e. The van der Waals surface area contributed by atoms with Crippen LogP contribution in [0.2, 0.25) is 0 Å². The molecule has 0 saturated carbocycles. The zero-order valence-corrected chi connectivity index (χ0v) is 29.7. The minimum absolute atomic E-state index is 0.0995. The third-order valence-corrected chi connectivity index (χ3v) is 11.4. The molecule has 0 N–H and O–H groups in total. The fourth-order valence-corrected chi connectivity index (χ4v) is 8.84. The zero-order chi connectivity index (χ0) is 34.1. The van der Waals surface area contributed by atoms with E-state index in [4.69, 9.17) is 0 Å². The van der Waals surface area contributed by atoms with E-state index < -0.39 is 0 Å². The molecule has 0 fully saturated rings. The van der Waals surface area contributed by atoms with Gasteiger partial charge in [-0.05, 0) is 126 Å². The fourth-order valence-electron chi connectivity index (χ4n) is 8.84. The third kappa shape index (κ3) is 4.12. The maximum atomic E-state index is 2.47. The molecule has 9 aromatic rings. The van der Waals surface area contributed by atoms with E-state index in [9.17, 15) is 0 Å². The van der Waals surface area contributed by atoms with Crippen LogP contribution in [0.15, 0.2) is 133 Å². The van der Waals surface area contributed by atoms with Crippen LogP contribution in [0.3, 0.4) is 0 Å². The second kappa shape index (κ2) is 10.1. The predicted octanol–water partition coefficient (Wildman–Crippen LogP) is 14.5. The first kappa shape index (κ1) is 29.5. The van der Waals surface area contributed by atoms with Crippen LogP contribution in [-0.4, -0.2) is 0 Å². The first-order valence-electron chi connectivity index (χ1n) is 18.0. The first-order valence-corrected chi connectivity index (χ1v) is 18.0. The van der Waals surface area contributed by atoms with Gasteiger partial charge in [0.2, 0.25) is 0 Å². The molecule has 0 aliphatic heterocycles. The second-order valence-electron chi connectivity index (χ2n) is 16.5. The summed E-state index contributed by atoms with van der Waals surface area (Å²) in [6.07, 6.45) is 0. The molecule has 0 saturated heterocycles. The average molecular weight is 641 g/mol. The molecular formula is C50H40. The molecule has 10 rings (SSSR count). The van der Waals surface area contributed by atoms with Crippen molar-refractivity contribution in [1.29, 1.82) is 0 Å². The highest BCUT2D eigenvalue weighted by Gasteiger charge is 2.27. The van der Waals surface area contributed by atoms with Gasteiger partial charge in [0, 0.05) is 0 Å².